The number of amides is 2. The summed E-state index contributed by atoms with van der Waals surface area (Å²) in [6.07, 6.45) is -0.271. The van der Waals surface area contributed by atoms with Crippen LogP contribution in [0.3, 0.4) is 0 Å². The molecule has 1 heterocycles. The van der Waals surface area contributed by atoms with E-state index in [4.69, 9.17) is 27.9 Å². The first-order valence-corrected chi connectivity index (χ1v) is 12.7. The number of thioether (sulfide) groups is 1. The van der Waals surface area contributed by atoms with Crippen molar-refractivity contribution in [3.8, 4) is 0 Å². The molecule has 0 aliphatic heterocycles. The first-order chi connectivity index (χ1) is 17.0. The molecule has 0 aliphatic carbocycles. The van der Waals surface area contributed by atoms with E-state index in [2.05, 4.69) is 20.8 Å². The quantitative estimate of drug-likeness (QED) is 0.287. The maximum absolute atomic E-state index is 12.5. The minimum absolute atomic E-state index is 0.0223. The van der Waals surface area contributed by atoms with Crippen LogP contribution in [0.4, 0.5) is 5.69 Å². The van der Waals surface area contributed by atoms with Gasteiger partial charge in [-0.2, -0.15) is 0 Å². The van der Waals surface area contributed by atoms with Gasteiger partial charge in [-0.1, -0.05) is 35.0 Å². The van der Waals surface area contributed by atoms with E-state index < -0.39 is 12.0 Å². The zero-order valence-electron chi connectivity index (χ0n) is 20.0. The summed E-state index contributed by atoms with van der Waals surface area (Å²) in [6.45, 7) is 5.29. The topological polar surface area (TPSA) is 115 Å². The molecular formula is C24H25Cl2N5O4S. The van der Waals surface area contributed by atoms with Crippen molar-refractivity contribution in [2.45, 2.75) is 38.1 Å². The Morgan fingerprint density at radius 2 is 1.69 bits per heavy atom. The van der Waals surface area contributed by atoms with Crippen molar-refractivity contribution in [3.63, 3.8) is 0 Å². The largest absolute Gasteiger partial charge is 0.459 e. The lowest BCUT2D eigenvalue weighted by Gasteiger charge is -2.14. The summed E-state index contributed by atoms with van der Waals surface area (Å²) in [6, 6.07) is 10.7. The van der Waals surface area contributed by atoms with Crippen LogP contribution in [0.5, 0.6) is 0 Å². The Morgan fingerprint density at radius 3 is 2.36 bits per heavy atom. The van der Waals surface area contributed by atoms with E-state index in [0.29, 0.717) is 32.3 Å². The molecule has 1 atom stereocenters. The SMILES string of the molecule is CC(C)OC(=O)c1ccc(Cl)c(NC(=O)CSc2nnc(C(C)NC(=O)c3ccc(Cl)cc3)n2C)c1. The summed E-state index contributed by atoms with van der Waals surface area (Å²) in [5, 5.41) is 15.2. The van der Waals surface area contributed by atoms with E-state index in [-0.39, 0.29) is 29.2 Å². The fourth-order valence-corrected chi connectivity index (χ4v) is 4.13. The van der Waals surface area contributed by atoms with Gasteiger partial charge in [0.2, 0.25) is 5.91 Å². The fourth-order valence-electron chi connectivity index (χ4n) is 3.12. The van der Waals surface area contributed by atoms with Gasteiger partial charge in [0.05, 0.1) is 34.2 Å². The van der Waals surface area contributed by atoms with E-state index in [1.54, 1.807) is 56.7 Å². The lowest BCUT2D eigenvalue weighted by Crippen LogP contribution is -2.28. The summed E-state index contributed by atoms with van der Waals surface area (Å²) in [4.78, 5) is 37.2. The van der Waals surface area contributed by atoms with Crippen LogP contribution in [0, 0.1) is 0 Å². The van der Waals surface area contributed by atoms with Gasteiger partial charge in [-0.25, -0.2) is 4.79 Å². The third kappa shape index (κ3) is 7.22. The number of hydrogen-bond acceptors (Lipinski definition) is 7. The molecule has 0 saturated heterocycles. The van der Waals surface area contributed by atoms with Gasteiger partial charge in [0.15, 0.2) is 11.0 Å². The molecule has 0 saturated carbocycles. The van der Waals surface area contributed by atoms with Crippen LogP contribution in [0.25, 0.3) is 0 Å². The van der Waals surface area contributed by atoms with Crippen molar-refractivity contribution in [1.82, 2.24) is 20.1 Å². The van der Waals surface area contributed by atoms with E-state index in [9.17, 15) is 14.4 Å². The molecule has 2 N–H and O–H groups in total. The summed E-state index contributed by atoms with van der Waals surface area (Å²) < 4.78 is 6.89. The number of ether oxygens (including phenoxy) is 1. The van der Waals surface area contributed by atoms with E-state index in [0.717, 1.165) is 0 Å². The van der Waals surface area contributed by atoms with Crippen LogP contribution in [0.2, 0.25) is 10.0 Å². The average molecular weight is 550 g/mol. The van der Waals surface area contributed by atoms with Crippen molar-refractivity contribution >= 4 is 58.4 Å². The van der Waals surface area contributed by atoms with Gasteiger partial charge in [0.1, 0.15) is 0 Å². The normalized spacial score (nSPS) is 11.8. The van der Waals surface area contributed by atoms with Gasteiger partial charge in [-0.15, -0.1) is 10.2 Å². The monoisotopic (exact) mass is 549 g/mol. The minimum atomic E-state index is -0.504. The number of aromatic nitrogens is 3. The second-order valence-electron chi connectivity index (χ2n) is 8.09. The number of carbonyl (C=O) groups excluding carboxylic acids is 3. The van der Waals surface area contributed by atoms with Crippen molar-refractivity contribution < 1.29 is 19.1 Å². The van der Waals surface area contributed by atoms with Crippen LogP contribution in [0.15, 0.2) is 47.6 Å². The number of halogens is 2. The highest BCUT2D eigenvalue weighted by molar-refractivity contribution is 7.99. The maximum Gasteiger partial charge on any atom is 0.338 e. The number of hydrogen-bond donors (Lipinski definition) is 2. The molecule has 3 aromatic rings. The van der Waals surface area contributed by atoms with Crippen molar-refractivity contribution in [1.29, 1.82) is 0 Å². The molecule has 0 spiro atoms. The van der Waals surface area contributed by atoms with Crippen molar-refractivity contribution in [3.05, 3.63) is 69.5 Å². The van der Waals surface area contributed by atoms with Gasteiger partial charge in [-0.05, 0) is 63.2 Å². The van der Waals surface area contributed by atoms with Crippen molar-refractivity contribution in [2.75, 3.05) is 11.1 Å². The Bertz CT molecular complexity index is 1260. The van der Waals surface area contributed by atoms with Crippen LogP contribution in [0.1, 0.15) is 53.4 Å². The number of carbonyl (C=O) groups is 3. The number of benzene rings is 2. The minimum Gasteiger partial charge on any atom is -0.459 e. The lowest BCUT2D eigenvalue weighted by molar-refractivity contribution is -0.113. The Labute approximate surface area is 222 Å². The standard InChI is InChI=1S/C24H25Cl2N5O4S/c1-13(2)35-23(34)16-7-10-18(26)19(11-16)28-20(32)12-36-24-30-29-21(31(24)4)14(3)27-22(33)15-5-8-17(25)9-6-15/h5-11,13-14H,12H2,1-4H3,(H,27,33)(H,28,32). The van der Waals surface area contributed by atoms with Gasteiger partial charge in [0, 0.05) is 17.6 Å². The van der Waals surface area contributed by atoms with E-state index in [1.165, 1.54) is 30.0 Å². The molecule has 9 nitrogen and oxygen atoms in total. The van der Waals surface area contributed by atoms with Crippen LogP contribution in [-0.4, -0.2) is 44.4 Å². The third-order valence-electron chi connectivity index (χ3n) is 4.86. The van der Waals surface area contributed by atoms with Crippen molar-refractivity contribution in [2.24, 2.45) is 7.05 Å². The second kappa shape index (κ2) is 12.2. The highest BCUT2D eigenvalue weighted by Crippen LogP contribution is 2.25. The van der Waals surface area contributed by atoms with Gasteiger partial charge >= 0.3 is 5.97 Å². The first-order valence-electron chi connectivity index (χ1n) is 10.9. The molecular weight excluding hydrogens is 525 g/mol. The Hall–Kier alpha value is -3.08. The predicted octanol–water partition coefficient (Wildman–Crippen LogP) is 4.91. The van der Waals surface area contributed by atoms with E-state index in [1.807, 2.05) is 0 Å². The summed E-state index contributed by atoms with van der Waals surface area (Å²) >= 11 is 13.2. The second-order valence-corrected chi connectivity index (χ2v) is 9.87. The summed E-state index contributed by atoms with van der Waals surface area (Å²) in [7, 11) is 1.75. The molecule has 12 heteroatoms. The zero-order valence-corrected chi connectivity index (χ0v) is 22.4. The zero-order chi connectivity index (χ0) is 26.4. The Morgan fingerprint density at radius 1 is 1.03 bits per heavy atom. The average Bonchev–Trinajstić information content (AvgIpc) is 3.19. The molecule has 1 unspecified atom stereocenters. The number of nitrogens with zero attached hydrogens (tertiary/aromatic N) is 3. The molecule has 3 rings (SSSR count). The molecule has 2 aromatic carbocycles. The Balaban J connectivity index is 1.59. The molecule has 0 aliphatic rings. The molecule has 36 heavy (non-hydrogen) atoms. The smallest absolute Gasteiger partial charge is 0.338 e. The Kier molecular flexibility index (Phi) is 9.36. The van der Waals surface area contributed by atoms with Gasteiger partial charge in [-0.3, -0.25) is 9.59 Å². The van der Waals surface area contributed by atoms with Gasteiger partial charge in [0.25, 0.3) is 5.91 Å². The third-order valence-corrected chi connectivity index (χ3v) is 6.46. The molecule has 2 amide bonds. The summed E-state index contributed by atoms with van der Waals surface area (Å²) in [5.74, 6) is -0.568. The van der Waals surface area contributed by atoms with Crippen LogP contribution >= 0.6 is 35.0 Å². The molecule has 1 aromatic heterocycles. The highest BCUT2D eigenvalue weighted by atomic mass is 35.5. The number of anilines is 1. The van der Waals surface area contributed by atoms with Gasteiger partial charge < -0.3 is 19.9 Å². The number of rotatable bonds is 9. The summed E-state index contributed by atoms with van der Waals surface area (Å²) in [5.41, 5.74) is 1.06. The first kappa shape index (κ1) is 27.5. The molecule has 0 bridgehead atoms. The number of esters is 1. The molecule has 0 fully saturated rings. The van der Waals surface area contributed by atoms with E-state index >= 15 is 0 Å². The predicted molar refractivity (Wildman–Crippen MR) is 140 cm³/mol. The number of nitrogens with one attached hydrogen (secondary N) is 2. The van der Waals surface area contributed by atoms with Crippen LogP contribution < -0.4 is 10.6 Å². The fraction of sp³-hybridized carbons (Fsp3) is 0.292. The molecule has 0 radical (unpaired) electrons. The van der Waals surface area contributed by atoms with Crippen LogP contribution in [-0.2, 0) is 16.6 Å². The highest BCUT2D eigenvalue weighted by Gasteiger charge is 2.20. The molecule has 190 valence electrons. The maximum atomic E-state index is 12.5. The lowest BCUT2D eigenvalue weighted by atomic mass is 10.2.